The number of hydrogen-bond acceptors (Lipinski definition) is 6. The Morgan fingerprint density at radius 2 is 1.64 bits per heavy atom. The predicted molar refractivity (Wildman–Crippen MR) is 150 cm³/mol. The number of hydrogen-bond donors (Lipinski definition) is 0. The lowest BCUT2D eigenvalue weighted by molar-refractivity contribution is -0.138. The number of benzene rings is 2. The van der Waals surface area contributed by atoms with Crippen molar-refractivity contribution in [2.24, 2.45) is 5.92 Å². The van der Waals surface area contributed by atoms with Gasteiger partial charge in [0.25, 0.3) is 0 Å². The zero-order valence-electron chi connectivity index (χ0n) is 23.0. The van der Waals surface area contributed by atoms with Crippen LogP contribution in [-0.2, 0) is 32.5 Å². The van der Waals surface area contributed by atoms with E-state index >= 15 is 0 Å². The molecular formula is C30H41N3O5S. The van der Waals surface area contributed by atoms with E-state index in [9.17, 15) is 13.2 Å². The van der Waals surface area contributed by atoms with E-state index in [0.29, 0.717) is 18.1 Å². The largest absolute Gasteiger partial charge is 0.497 e. The van der Waals surface area contributed by atoms with Crippen LogP contribution in [0.2, 0.25) is 0 Å². The second-order valence-electron chi connectivity index (χ2n) is 11.0. The van der Waals surface area contributed by atoms with Gasteiger partial charge in [-0.05, 0) is 99.5 Å². The molecule has 5 rings (SSSR count). The first-order valence-electron chi connectivity index (χ1n) is 14.2. The summed E-state index contributed by atoms with van der Waals surface area (Å²) in [7, 11) is -2.22. The highest BCUT2D eigenvalue weighted by atomic mass is 32.2. The van der Waals surface area contributed by atoms with E-state index in [1.807, 2.05) is 29.2 Å². The highest BCUT2D eigenvalue weighted by Gasteiger charge is 2.36. The second kappa shape index (κ2) is 12.8. The Morgan fingerprint density at radius 1 is 0.949 bits per heavy atom. The lowest BCUT2D eigenvalue weighted by Crippen LogP contribution is -2.47. The Bertz CT molecular complexity index is 1210. The molecule has 0 aromatic heterocycles. The molecule has 1 unspecified atom stereocenters. The van der Waals surface area contributed by atoms with Gasteiger partial charge in [0.15, 0.2) is 0 Å². The highest BCUT2D eigenvalue weighted by molar-refractivity contribution is 7.89. The van der Waals surface area contributed by atoms with Gasteiger partial charge in [-0.2, -0.15) is 4.31 Å². The van der Waals surface area contributed by atoms with Crippen molar-refractivity contribution in [2.75, 3.05) is 53.0 Å². The Labute approximate surface area is 232 Å². The molecule has 1 amide bonds. The summed E-state index contributed by atoms with van der Waals surface area (Å²) in [5.41, 5.74) is 2.11. The Balaban J connectivity index is 1.16. The van der Waals surface area contributed by atoms with Gasteiger partial charge in [-0.1, -0.05) is 24.3 Å². The average Bonchev–Trinajstić information content (AvgIpc) is 3.50. The zero-order valence-corrected chi connectivity index (χ0v) is 23.8. The minimum absolute atomic E-state index is 0.00577. The first-order valence-corrected chi connectivity index (χ1v) is 15.7. The fraction of sp³-hybridized carbons (Fsp3) is 0.567. The van der Waals surface area contributed by atoms with Crippen molar-refractivity contribution in [2.45, 2.75) is 56.0 Å². The summed E-state index contributed by atoms with van der Waals surface area (Å²) in [5.74, 6) is 1.29. The van der Waals surface area contributed by atoms with Gasteiger partial charge in [0.1, 0.15) is 12.4 Å². The Morgan fingerprint density at radius 3 is 2.33 bits per heavy atom. The molecule has 8 nitrogen and oxygen atoms in total. The number of likely N-dealkylation sites (tertiary alicyclic amines) is 2. The van der Waals surface area contributed by atoms with Crippen LogP contribution in [0.1, 0.15) is 43.2 Å². The van der Waals surface area contributed by atoms with Crippen LogP contribution < -0.4 is 4.74 Å². The fourth-order valence-electron chi connectivity index (χ4n) is 6.09. The summed E-state index contributed by atoms with van der Waals surface area (Å²) < 4.78 is 40.0. The zero-order chi connectivity index (χ0) is 27.2. The monoisotopic (exact) mass is 555 g/mol. The van der Waals surface area contributed by atoms with Crippen molar-refractivity contribution in [1.82, 2.24) is 14.1 Å². The average molecular weight is 556 g/mol. The number of fused-ring (bicyclic) bond motifs is 1. The van der Waals surface area contributed by atoms with Crippen molar-refractivity contribution < 1.29 is 22.7 Å². The molecule has 0 saturated carbocycles. The fourth-order valence-corrected chi connectivity index (χ4v) is 7.67. The quantitative estimate of drug-likeness (QED) is 0.446. The number of sulfonamides is 1. The number of carbonyl (C=O) groups excluding carboxylic acids is 1. The molecule has 0 bridgehead atoms. The molecule has 3 aliphatic rings. The van der Waals surface area contributed by atoms with Crippen LogP contribution >= 0.6 is 0 Å². The van der Waals surface area contributed by atoms with Crippen molar-refractivity contribution in [3.05, 3.63) is 59.7 Å². The number of rotatable bonds is 10. The molecule has 9 heteroatoms. The lowest BCUT2D eigenvalue weighted by atomic mass is 9.93. The number of methoxy groups -OCH3 is 1. The van der Waals surface area contributed by atoms with Crippen molar-refractivity contribution in [3.8, 4) is 5.75 Å². The summed E-state index contributed by atoms with van der Waals surface area (Å²) in [6.45, 7) is 5.64. The molecule has 0 aliphatic carbocycles. The van der Waals surface area contributed by atoms with Gasteiger partial charge in [0.05, 0.1) is 24.7 Å². The van der Waals surface area contributed by atoms with Crippen LogP contribution in [0.5, 0.6) is 5.75 Å². The normalized spacial score (nSPS) is 21.2. The van der Waals surface area contributed by atoms with E-state index in [1.165, 1.54) is 43.2 Å². The van der Waals surface area contributed by atoms with E-state index in [1.54, 1.807) is 31.4 Å². The number of ether oxygens (including phenoxy) is 2. The Hall–Kier alpha value is -2.46. The standard InChI is InChI=1S/C30H41N3O5S/c1-37-28-8-10-29(11-9-28)39(35,36)33-21-26-7-3-2-6-25(26)20-27(33)22-38-23-30(34)32-18-13-24(14-19-32)12-17-31-15-4-5-16-31/h2-3,6-11,24,27H,4-5,12-23H2,1H3. The van der Waals surface area contributed by atoms with Crippen molar-refractivity contribution in [3.63, 3.8) is 0 Å². The summed E-state index contributed by atoms with van der Waals surface area (Å²) in [5, 5.41) is 0. The summed E-state index contributed by atoms with van der Waals surface area (Å²) in [6.07, 6.45) is 6.51. The van der Waals surface area contributed by atoms with Crippen LogP contribution in [-0.4, -0.2) is 87.5 Å². The second-order valence-corrected chi connectivity index (χ2v) is 12.9. The summed E-state index contributed by atoms with van der Waals surface area (Å²) in [6, 6.07) is 14.0. The van der Waals surface area contributed by atoms with Gasteiger partial charge in [0, 0.05) is 19.6 Å². The van der Waals surface area contributed by atoms with Crippen LogP contribution in [0.15, 0.2) is 53.4 Å². The third-order valence-corrected chi connectivity index (χ3v) is 10.4. The van der Waals surface area contributed by atoms with Gasteiger partial charge in [-0.15, -0.1) is 0 Å². The number of nitrogens with zero attached hydrogens (tertiary/aromatic N) is 3. The maximum Gasteiger partial charge on any atom is 0.248 e. The maximum atomic E-state index is 13.7. The molecule has 0 radical (unpaired) electrons. The lowest BCUT2D eigenvalue weighted by Gasteiger charge is -2.36. The van der Waals surface area contributed by atoms with Crippen molar-refractivity contribution >= 4 is 15.9 Å². The number of carbonyl (C=O) groups is 1. The SMILES string of the molecule is COc1ccc(S(=O)(=O)N2Cc3ccccc3CC2COCC(=O)N2CCC(CCN3CCCC3)CC2)cc1. The highest BCUT2D eigenvalue weighted by Crippen LogP contribution is 2.30. The van der Waals surface area contributed by atoms with Gasteiger partial charge in [-0.3, -0.25) is 4.79 Å². The van der Waals surface area contributed by atoms with Gasteiger partial charge < -0.3 is 19.3 Å². The molecule has 3 heterocycles. The molecule has 1 atom stereocenters. The summed E-state index contributed by atoms with van der Waals surface area (Å²) in [4.78, 5) is 17.6. The summed E-state index contributed by atoms with van der Waals surface area (Å²) >= 11 is 0. The first kappa shape index (κ1) is 28.1. The minimum atomic E-state index is -3.77. The third-order valence-electron chi connectivity index (χ3n) is 8.53. The first-order chi connectivity index (χ1) is 18.9. The molecule has 39 heavy (non-hydrogen) atoms. The van der Waals surface area contributed by atoms with Gasteiger partial charge >= 0.3 is 0 Å². The molecule has 0 N–H and O–H groups in total. The number of piperidine rings is 1. The Kier molecular flexibility index (Phi) is 9.22. The molecule has 0 spiro atoms. The third kappa shape index (κ3) is 6.82. The van der Waals surface area contributed by atoms with E-state index in [2.05, 4.69) is 4.90 Å². The maximum absolute atomic E-state index is 13.7. The predicted octanol–water partition coefficient (Wildman–Crippen LogP) is 3.55. The van der Waals surface area contributed by atoms with Gasteiger partial charge in [-0.25, -0.2) is 8.42 Å². The molecule has 2 saturated heterocycles. The minimum Gasteiger partial charge on any atom is -0.497 e. The van der Waals surface area contributed by atoms with E-state index < -0.39 is 16.1 Å². The van der Waals surface area contributed by atoms with Crippen LogP contribution in [0.4, 0.5) is 0 Å². The topological polar surface area (TPSA) is 79.4 Å². The van der Waals surface area contributed by atoms with E-state index in [4.69, 9.17) is 9.47 Å². The number of amides is 1. The molecule has 3 aliphatic heterocycles. The smallest absolute Gasteiger partial charge is 0.248 e. The molecule has 212 valence electrons. The van der Waals surface area contributed by atoms with E-state index in [0.717, 1.165) is 37.1 Å². The van der Waals surface area contributed by atoms with Crippen LogP contribution in [0.25, 0.3) is 0 Å². The molecule has 2 aromatic carbocycles. The molecular weight excluding hydrogens is 514 g/mol. The van der Waals surface area contributed by atoms with Crippen LogP contribution in [0, 0.1) is 5.92 Å². The van der Waals surface area contributed by atoms with Gasteiger partial charge in [0.2, 0.25) is 15.9 Å². The van der Waals surface area contributed by atoms with Crippen molar-refractivity contribution in [1.29, 1.82) is 0 Å². The van der Waals surface area contributed by atoms with E-state index in [-0.39, 0.29) is 30.6 Å². The molecule has 2 fully saturated rings. The molecule has 2 aromatic rings. The van der Waals surface area contributed by atoms with Crippen LogP contribution in [0.3, 0.4) is 0 Å².